The lowest BCUT2D eigenvalue weighted by Gasteiger charge is -2.05. The molecule has 0 saturated heterocycles. The van der Waals surface area contributed by atoms with Gasteiger partial charge >= 0.3 is 0 Å². The Labute approximate surface area is 126 Å². The predicted molar refractivity (Wildman–Crippen MR) is 81.2 cm³/mol. The summed E-state index contributed by atoms with van der Waals surface area (Å²) in [6.45, 7) is 2.00. The largest absolute Gasteiger partial charge is 0.249 e. The molecule has 1 heterocycles. The van der Waals surface area contributed by atoms with Crippen LogP contribution in [0.4, 0.5) is 0 Å². The zero-order valence-electron chi connectivity index (χ0n) is 8.61. The second-order valence-electron chi connectivity index (χ2n) is 3.35. The highest BCUT2D eigenvalue weighted by Gasteiger charge is 2.14. The van der Waals surface area contributed by atoms with Gasteiger partial charge in [0.25, 0.3) is 0 Å². The minimum absolute atomic E-state index is 0.541. The van der Waals surface area contributed by atoms with Crippen LogP contribution in [-0.4, -0.2) is 3.97 Å². The van der Waals surface area contributed by atoms with E-state index in [0.29, 0.717) is 5.69 Å². The van der Waals surface area contributed by atoms with Crippen LogP contribution in [0.15, 0.2) is 23.1 Å². The Hall–Kier alpha value is -0.0700. The van der Waals surface area contributed by atoms with Gasteiger partial charge in [-0.1, -0.05) is 0 Å². The SMILES string of the molecule is Cc1cc(SCl)c2c(c1)cc(C#N)n2SOI. The smallest absolute Gasteiger partial charge is 0.133 e. The zero-order chi connectivity index (χ0) is 12.4. The molecule has 0 spiro atoms. The van der Waals surface area contributed by atoms with E-state index < -0.39 is 0 Å². The van der Waals surface area contributed by atoms with Crippen LogP contribution in [0.3, 0.4) is 0 Å². The average Bonchev–Trinajstić information content (AvgIpc) is 2.66. The van der Waals surface area contributed by atoms with Gasteiger partial charge in [0.05, 0.1) is 5.52 Å². The Balaban J connectivity index is 2.80. The maximum Gasteiger partial charge on any atom is 0.133 e. The van der Waals surface area contributed by atoms with Crippen LogP contribution < -0.4 is 0 Å². The number of hydrogen-bond acceptors (Lipinski definition) is 4. The highest BCUT2D eigenvalue weighted by atomic mass is 127. The summed E-state index contributed by atoms with van der Waals surface area (Å²) in [6, 6.07) is 8.00. The third-order valence-electron chi connectivity index (χ3n) is 2.26. The Morgan fingerprint density at radius 1 is 1.47 bits per heavy atom. The van der Waals surface area contributed by atoms with Gasteiger partial charge in [-0.05, 0) is 52.3 Å². The molecule has 0 unspecified atom stereocenters. The minimum atomic E-state index is 0.541. The summed E-state index contributed by atoms with van der Waals surface area (Å²) in [5.41, 5.74) is 2.57. The van der Waals surface area contributed by atoms with E-state index in [1.165, 1.54) is 0 Å². The lowest BCUT2D eigenvalue weighted by molar-refractivity contribution is 0.829. The quantitative estimate of drug-likeness (QED) is 0.549. The van der Waals surface area contributed by atoms with E-state index in [1.807, 2.05) is 25.1 Å². The number of aryl methyl sites for hydroxylation is 1. The summed E-state index contributed by atoms with van der Waals surface area (Å²) in [5.74, 6) is 0. The molecule has 0 radical (unpaired) electrons. The zero-order valence-corrected chi connectivity index (χ0v) is 13.2. The van der Waals surface area contributed by atoms with Crippen molar-refractivity contribution < 1.29 is 2.51 Å². The molecule has 0 N–H and O–H groups in total. The number of halogens is 2. The van der Waals surface area contributed by atoms with Crippen molar-refractivity contribution in [3.05, 3.63) is 29.5 Å². The third kappa shape index (κ3) is 2.53. The number of benzene rings is 1. The lowest BCUT2D eigenvalue weighted by atomic mass is 10.2. The molecule has 0 atom stereocenters. The van der Waals surface area contributed by atoms with Gasteiger partial charge in [0.15, 0.2) is 0 Å². The fourth-order valence-electron chi connectivity index (χ4n) is 1.67. The van der Waals surface area contributed by atoms with Crippen molar-refractivity contribution in [3.63, 3.8) is 0 Å². The topological polar surface area (TPSA) is 38.0 Å². The van der Waals surface area contributed by atoms with Gasteiger partial charge in [0, 0.05) is 10.3 Å². The van der Waals surface area contributed by atoms with Crippen LogP contribution in [0.5, 0.6) is 0 Å². The van der Waals surface area contributed by atoms with Gasteiger partial charge in [-0.25, -0.2) is 6.48 Å². The summed E-state index contributed by atoms with van der Waals surface area (Å²) in [4.78, 5) is 0.920. The van der Waals surface area contributed by atoms with Gasteiger partial charge in [0.2, 0.25) is 0 Å². The fraction of sp³-hybridized carbons (Fsp3) is 0.100. The fourth-order valence-corrected chi connectivity index (χ4v) is 3.58. The molecule has 0 saturated carbocycles. The van der Waals surface area contributed by atoms with Gasteiger partial charge in [-0.3, -0.25) is 0 Å². The summed E-state index contributed by atoms with van der Waals surface area (Å²) in [7, 11) is 7.02. The van der Waals surface area contributed by atoms with Crippen LogP contribution in [0.25, 0.3) is 10.9 Å². The molecule has 88 valence electrons. The third-order valence-corrected chi connectivity index (χ3v) is 4.31. The Morgan fingerprint density at radius 3 is 2.82 bits per heavy atom. The molecule has 7 heteroatoms. The first-order valence-electron chi connectivity index (χ1n) is 4.51. The van der Waals surface area contributed by atoms with Crippen molar-refractivity contribution in [2.24, 2.45) is 0 Å². The predicted octanol–water partition coefficient (Wildman–Crippen LogP) is 4.85. The van der Waals surface area contributed by atoms with Crippen molar-refractivity contribution in [1.29, 1.82) is 5.26 Å². The Kier molecular flexibility index (Phi) is 4.49. The van der Waals surface area contributed by atoms with E-state index >= 15 is 0 Å². The van der Waals surface area contributed by atoms with Crippen LogP contribution in [0.2, 0.25) is 0 Å². The number of hydrogen-bond donors (Lipinski definition) is 0. The summed E-state index contributed by atoms with van der Waals surface area (Å²) >= 11 is 2.88. The molecule has 2 aromatic rings. The average molecular weight is 397 g/mol. The van der Waals surface area contributed by atoms with Crippen molar-refractivity contribution in [2.75, 3.05) is 0 Å². The maximum absolute atomic E-state index is 9.10. The molecular weight excluding hydrogens is 391 g/mol. The first-order chi connectivity index (χ1) is 8.21. The van der Waals surface area contributed by atoms with Crippen molar-refractivity contribution in [3.8, 4) is 6.07 Å². The molecule has 0 aliphatic carbocycles. The number of nitrogens with zero attached hydrogens (tertiary/aromatic N) is 2. The van der Waals surface area contributed by atoms with Gasteiger partial charge < -0.3 is 0 Å². The molecule has 0 fully saturated rings. The molecule has 0 amide bonds. The molecule has 17 heavy (non-hydrogen) atoms. The maximum atomic E-state index is 9.10. The summed E-state index contributed by atoms with van der Waals surface area (Å²) in [6.07, 6.45) is 0. The number of rotatable bonds is 3. The Morgan fingerprint density at radius 2 is 2.24 bits per heavy atom. The molecule has 1 aromatic heterocycles. The van der Waals surface area contributed by atoms with Gasteiger partial charge in [-0.2, -0.15) is 5.26 Å². The normalized spacial score (nSPS) is 10.7. The highest BCUT2D eigenvalue weighted by Crippen LogP contribution is 2.36. The van der Waals surface area contributed by atoms with E-state index in [1.54, 1.807) is 27.0 Å². The molecule has 1 aromatic carbocycles. The highest BCUT2D eigenvalue weighted by molar-refractivity contribution is 14.1. The van der Waals surface area contributed by atoms with E-state index in [2.05, 4.69) is 6.07 Å². The monoisotopic (exact) mass is 396 g/mol. The number of aromatic nitrogens is 1. The second kappa shape index (κ2) is 5.71. The van der Waals surface area contributed by atoms with Crippen LogP contribution in [0, 0.1) is 18.3 Å². The first kappa shape index (κ1) is 13.4. The second-order valence-corrected chi connectivity index (χ2v) is 6.13. The molecule has 2 rings (SSSR count). The van der Waals surface area contributed by atoms with Crippen LogP contribution in [-0.2, 0) is 2.51 Å². The number of fused-ring (bicyclic) bond motifs is 1. The molecule has 0 aliphatic heterocycles. The molecule has 3 nitrogen and oxygen atoms in total. The molecule has 0 aliphatic rings. The van der Waals surface area contributed by atoms with Gasteiger partial charge in [0.1, 0.15) is 47.0 Å². The lowest BCUT2D eigenvalue weighted by Crippen LogP contribution is -1.90. The van der Waals surface area contributed by atoms with Gasteiger partial charge in [-0.15, -0.1) is 0 Å². The standard InChI is InChI=1S/C10H6ClIN2OS2/c1-6-2-7-4-8(5-13)14(17-15-12)10(7)9(3-6)16-11/h2-4H,1H3. The summed E-state index contributed by atoms with van der Waals surface area (Å²) < 4.78 is 6.75. The van der Waals surface area contributed by atoms with Crippen molar-refractivity contribution in [2.45, 2.75) is 11.8 Å². The van der Waals surface area contributed by atoms with E-state index in [0.717, 1.165) is 44.6 Å². The van der Waals surface area contributed by atoms with E-state index in [4.69, 9.17) is 18.5 Å². The van der Waals surface area contributed by atoms with Crippen molar-refractivity contribution in [1.82, 2.24) is 3.97 Å². The molecule has 0 bridgehead atoms. The van der Waals surface area contributed by atoms with Crippen LogP contribution >= 0.6 is 56.9 Å². The van der Waals surface area contributed by atoms with Crippen LogP contribution in [0.1, 0.15) is 11.3 Å². The number of nitriles is 1. The first-order valence-corrected chi connectivity index (χ1v) is 7.74. The minimum Gasteiger partial charge on any atom is -0.249 e. The summed E-state index contributed by atoms with van der Waals surface area (Å²) in [5, 5.41) is 10.1. The van der Waals surface area contributed by atoms with E-state index in [-0.39, 0.29) is 0 Å². The van der Waals surface area contributed by atoms with Crippen molar-refractivity contribution >= 4 is 67.8 Å². The Bertz CT molecular complexity index is 608. The molecular formula is C10H6ClIN2OS2. The van der Waals surface area contributed by atoms with E-state index in [9.17, 15) is 0 Å².